The van der Waals surface area contributed by atoms with Crippen molar-refractivity contribution in [3.8, 4) is 5.75 Å². The lowest BCUT2D eigenvalue weighted by molar-refractivity contribution is -0.147. The van der Waals surface area contributed by atoms with Crippen LogP contribution in [-0.2, 0) is 22.6 Å². The summed E-state index contributed by atoms with van der Waals surface area (Å²) in [7, 11) is -3.55. The Morgan fingerprint density at radius 1 is 1.11 bits per heavy atom. The molecule has 0 atom stereocenters. The smallest absolute Gasteiger partial charge is 0.449 e. The van der Waals surface area contributed by atoms with Gasteiger partial charge in [-0.1, -0.05) is 17.7 Å². The first-order valence-electron chi connectivity index (χ1n) is 8.03. The van der Waals surface area contributed by atoms with Crippen molar-refractivity contribution in [2.45, 2.75) is 24.5 Å². The van der Waals surface area contributed by atoms with Gasteiger partial charge in [0.25, 0.3) is 0 Å². The van der Waals surface area contributed by atoms with Crippen LogP contribution in [0.2, 0.25) is 0 Å². The summed E-state index contributed by atoms with van der Waals surface area (Å²) in [5, 5.41) is 0. The summed E-state index contributed by atoms with van der Waals surface area (Å²) in [4.78, 5) is 3.53. The van der Waals surface area contributed by atoms with E-state index in [4.69, 9.17) is 4.74 Å². The molecule has 0 radical (unpaired) electrons. The molecule has 0 amide bonds. The molecule has 0 fully saturated rings. The predicted octanol–water partition coefficient (Wildman–Crippen LogP) is 3.85. The normalized spacial score (nSPS) is 12.5. The van der Waals surface area contributed by atoms with Crippen molar-refractivity contribution in [2.24, 2.45) is 0 Å². The molecular weight excluding hydrogens is 381 g/mol. The zero-order chi connectivity index (χ0) is 19.8. The molecule has 0 spiro atoms. The standard InChI is InChI=1S/C18H17F3N2O3S/c1-12-3-5-13(6-4-12)26-10-9-23-16-8-7-14(27(2,24)25)11-15(16)22-17(23)18(19,20)21/h3-8,11H,9-10H2,1-2H3. The van der Waals surface area contributed by atoms with Crippen LogP contribution in [0.5, 0.6) is 5.75 Å². The molecule has 0 N–H and O–H groups in total. The average Bonchev–Trinajstić information content (AvgIpc) is 2.94. The van der Waals surface area contributed by atoms with Gasteiger partial charge in [-0.3, -0.25) is 0 Å². The van der Waals surface area contributed by atoms with Crippen LogP contribution in [0.1, 0.15) is 11.4 Å². The van der Waals surface area contributed by atoms with Gasteiger partial charge in [0, 0.05) is 6.26 Å². The molecule has 5 nitrogen and oxygen atoms in total. The number of fused-ring (bicyclic) bond motifs is 1. The molecule has 1 aromatic heterocycles. The fourth-order valence-corrected chi connectivity index (χ4v) is 3.31. The van der Waals surface area contributed by atoms with Crippen LogP contribution in [-0.4, -0.2) is 30.8 Å². The first-order chi connectivity index (χ1) is 12.6. The molecule has 27 heavy (non-hydrogen) atoms. The Labute approximate surface area is 154 Å². The zero-order valence-corrected chi connectivity index (χ0v) is 15.4. The van der Waals surface area contributed by atoms with E-state index in [-0.39, 0.29) is 29.1 Å². The van der Waals surface area contributed by atoms with Gasteiger partial charge < -0.3 is 9.30 Å². The molecule has 1 heterocycles. The van der Waals surface area contributed by atoms with E-state index in [0.29, 0.717) is 5.75 Å². The number of alkyl halides is 3. The number of aromatic nitrogens is 2. The Hall–Kier alpha value is -2.55. The van der Waals surface area contributed by atoms with Gasteiger partial charge in [0.05, 0.1) is 22.5 Å². The van der Waals surface area contributed by atoms with Gasteiger partial charge in [-0.2, -0.15) is 13.2 Å². The van der Waals surface area contributed by atoms with Crippen LogP contribution >= 0.6 is 0 Å². The highest BCUT2D eigenvalue weighted by atomic mass is 32.2. The molecule has 0 aliphatic rings. The minimum Gasteiger partial charge on any atom is -0.492 e. The van der Waals surface area contributed by atoms with E-state index in [1.54, 1.807) is 12.1 Å². The molecule has 9 heteroatoms. The van der Waals surface area contributed by atoms with Gasteiger partial charge in [-0.25, -0.2) is 13.4 Å². The highest BCUT2D eigenvalue weighted by Crippen LogP contribution is 2.32. The second-order valence-electron chi connectivity index (χ2n) is 6.17. The van der Waals surface area contributed by atoms with Crippen molar-refractivity contribution in [1.29, 1.82) is 0 Å². The lowest BCUT2D eigenvalue weighted by Crippen LogP contribution is -2.18. The van der Waals surface area contributed by atoms with Crippen LogP contribution in [0, 0.1) is 6.92 Å². The molecule has 3 rings (SSSR count). The third-order valence-electron chi connectivity index (χ3n) is 4.01. The minimum absolute atomic E-state index is 0.00539. The van der Waals surface area contributed by atoms with Gasteiger partial charge in [-0.15, -0.1) is 0 Å². The summed E-state index contributed by atoms with van der Waals surface area (Å²) in [5.74, 6) is -0.534. The van der Waals surface area contributed by atoms with E-state index >= 15 is 0 Å². The van der Waals surface area contributed by atoms with Crippen molar-refractivity contribution < 1.29 is 26.3 Å². The lowest BCUT2D eigenvalue weighted by Gasteiger charge is -2.12. The summed E-state index contributed by atoms with van der Waals surface area (Å²) >= 11 is 0. The van der Waals surface area contributed by atoms with Crippen LogP contribution in [0.4, 0.5) is 13.2 Å². The number of hydrogen-bond donors (Lipinski definition) is 0. The van der Waals surface area contributed by atoms with Gasteiger partial charge in [0.2, 0.25) is 5.82 Å². The Bertz CT molecular complexity index is 1070. The number of imidazole rings is 1. The summed E-state index contributed by atoms with van der Waals surface area (Å²) in [6, 6.07) is 10.9. The van der Waals surface area contributed by atoms with E-state index < -0.39 is 21.8 Å². The summed E-state index contributed by atoms with van der Waals surface area (Å²) in [5.41, 5.74) is 1.21. The van der Waals surface area contributed by atoms with Crippen LogP contribution in [0.25, 0.3) is 11.0 Å². The second-order valence-corrected chi connectivity index (χ2v) is 8.18. The summed E-state index contributed by atoms with van der Waals surface area (Å²) < 4.78 is 69.9. The summed E-state index contributed by atoms with van der Waals surface area (Å²) in [6.45, 7) is 1.84. The third kappa shape index (κ3) is 4.24. The largest absolute Gasteiger partial charge is 0.492 e. The maximum Gasteiger partial charge on any atom is 0.449 e. The van der Waals surface area contributed by atoms with E-state index in [9.17, 15) is 21.6 Å². The van der Waals surface area contributed by atoms with Gasteiger partial charge in [0.1, 0.15) is 12.4 Å². The molecule has 0 saturated carbocycles. The highest BCUT2D eigenvalue weighted by Gasteiger charge is 2.37. The Balaban J connectivity index is 1.93. The van der Waals surface area contributed by atoms with E-state index in [0.717, 1.165) is 22.5 Å². The molecule has 0 bridgehead atoms. The summed E-state index contributed by atoms with van der Waals surface area (Å²) in [6.07, 6.45) is -3.68. The molecule has 0 saturated heterocycles. The van der Waals surface area contributed by atoms with Crippen molar-refractivity contribution in [2.75, 3.05) is 12.9 Å². The third-order valence-corrected chi connectivity index (χ3v) is 5.12. The number of nitrogens with zero attached hydrogens (tertiary/aromatic N) is 2. The number of benzene rings is 2. The fourth-order valence-electron chi connectivity index (χ4n) is 2.67. The molecule has 2 aromatic carbocycles. The van der Waals surface area contributed by atoms with Crippen molar-refractivity contribution in [3.05, 3.63) is 53.9 Å². The number of rotatable bonds is 5. The average molecular weight is 398 g/mol. The first-order valence-corrected chi connectivity index (χ1v) is 9.92. The number of aryl methyl sites for hydroxylation is 1. The fraction of sp³-hybridized carbons (Fsp3) is 0.278. The van der Waals surface area contributed by atoms with Crippen molar-refractivity contribution in [3.63, 3.8) is 0 Å². The SMILES string of the molecule is Cc1ccc(OCCn2c(C(F)(F)F)nc3cc(S(C)(=O)=O)ccc32)cc1. The van der Waals surface area contributed by atoms with Crippen LogP contribution in [0.15, 0.2) is 47.4 Å². The van der Waals surface area contributed by atoms with Crippen LogP contribution < -0.4 is 4.74 Å². The molecule has 3 aromatic rings. The second kappa shape index (κ2) is 6.88. The van der Waals surface area contributed by atoms with E-state index in [2.05, 4.69) is 4.98 Å². The molecule has 0 aliphatic heterocycles. The number of hydrogen-bond acceptors (Lipinski definition) is 4. The van der Waals surface area contributed by atoms with Gasteiger partial charge in [-0.05, 0) is 37.3 Å². The van der Waals surface area contributed by atoms with Crippen molar-refractivity contribution in [1.82, 2.24) is 9.55 Å². The van der Waals surface area contributed by atoms with E-state index in [1.807, 2.05) is 19.1 Å². The van der Waals surface area contributed by atoms with Gasteiger partial charge in [0.15, 0.2) is 9.84 Å². The Morgan fingerprint density at radius 2 is 1.78 bits per heavy atom. The van der Waals surface area contributed by atoms with Crippen LogP contribution in [0.3, 0.4) is 0 Å². The molecule has 0 aliphatic carbocycles. The highest BCUT2D eigenvalue weighted by molar-refractivity contribution is 7.90. The van der Waals surface area contributed by atoms with Gasteiger partial charge >= 0.3 is 6.18 Å². The number of halogens is 3. The Kier molecular flexibility index (Phi) is 4.90. The zero-order valence-electron chi connectivity index (χ0n) is 14.6. The van der Waals surface area contributed by atoms with E-state index in [1.165, 1.54) is 12.1 Å². The maximum atomic E-state index is 13.4. The molecule has 0 unspecified atom stereocenters. The number of ether oxygens (including phenoxy) is 1. The Morgan fingerprint density at radius 3 is 2.37 bits per heavy atom. The molecular formula is C18H17F3N2O3S. The maximum absolute atomic E-state index is 13.4. The van der Waals surface area contributed by atoms with Crippen molar-refractivity contribution >= 4 is 20.9 Å². The first kappa shape index (κ1) is 19.2. The molecule has 144 valence electrons. The topological polar surface area (TPSA) is 61.2 Å². The predicted molar refractivity (Wildman–Crippen MR) is 94.5 cm³/mol. The minimum atomic E-state index is -4.67. The monoisotopic (exact) mass is 398 g/mol. The quantitative estimate of drug-likeness (QED) is 0.655. The lowest BCUT2D eigenvalue weighted by atomic mass is 10.2. The number of sulfone groups is 1.